The van der Waals surface area contributed by atoms with Crippen LogP contribution in [0.25, 0.3) is 0 Å². The molecule has 1 saturated heterocycles. The van der Waals surface area contributed by atoms with Crippen LogP contribution in [0.4, 0.5) is 4.79 Å². The second-order valence-corrected chi connectivity index (χ2v) is 4.09. The third-order valence-corrected chi connectivity index (χ3v) is 2.75. The molecule has 0 aromatic carbocycles. The van der Waals surface area contributed by atoms with Crippen LogP contribution in [0.3, 0.4) is 0 Å². The Hall–Kier alpha value is -1.57. The van der Waals surface area contributed by atoms with E-state index in [0.717, 1.165) is 16.7 Å². The lowest BCUT2D eigenvalue weighted by atomic mass is 10.3. The van der Waals surface area contributed by atoms with Crippen molar-refractivity contribution in [3.05, 3.63) is 0 Å². The van der Waals surface area contributed by atoms with Crippen LogP contribution in [-0.2, 0) is 14.4 Å². The molecule has 3 amide bonds. The number of rotatable bonds is 4. The van der Waals surface area contributed by atoms with Crippen molar-refractivity contribution in [1.82, 2.24) is 10.2 Å². The van der Waals surface area contributed by atoms with E-state index in [2.05, 4.69) is 5.32 Å². The molecule has 2 N–H and O–H groups in total. The Morgan fingerprint density at radius 3 is 2.62 bits per heavy atom. The van der Waals surface area contributed by atoms with Gasteiger partial charge in [0.15, 0.2) is 0 Å². The summed E-state index contributed by atoms with van der Waals surface area (Å²) in [5, 5.41) is 10.2. The van der Waals surface area contributed by atoms with E-state index in [4.69, 9.17) is 5.11 Å². The van der Waals surface area contributed by atoms with E-state index in [-0.39, 0.29) is 5.75 Å². The highest BCUT2D eigenvalue weighted by molar-refractivity contribution is 8.14. The highest BCUT2D eigenvalue weighted by atomic mass is 32.2. The second kappa shape index (κ2) is 4.97. The molecule has 1 atom stereocenters. The van der Waals surface area contributed by atoms with Crippen molar-refractivity contribution in [3.8, 4) is 0 Å². The second-order valence-electron chi connectivity index (χ2n) is 3.16. The standard InChI is InChI=1S/C8H10N2O5S/c1-4(7(13)14)9-5(11)2-10-6(12)3-16-8(10)15/h4H,2-3H2,1H3,(H,9,11)(H,13,14). The predicted octanol–water partition coefficient (Wildman–Crippen LogP) is -0.729. The minimum absolute atomic E-state index is 0.0284. The fraction of sp³-hybridized carbons (Fsp3) is 0.500. The van der Waals surface area contributed by atoms with E-state index in [1.165, 1.54) is 6.92 Å². The lowest BCUT2D eigenvalue weighted by Crippen LogP contribution is -2.45. The van der Waals surface area contributed by atoms with Crippen molar-refractivity contribution < 1.29 is 24.3 Å². The average Bonchev–Trinajstić information content (AvgIpc) is 2.49. The van der Waals surface area contributed by atoms with E-state index < -0.39 is 35.6 Å². The minimum atomic E-state index is -1.18. The minimum Gasteiger partial charge on any atom is -0.480 e. The van der Waals surface area contributed by atoms with Crippen molar-refractivity contribution in [2.75, 3.05) is 12.3 Å². The molecule has 1 rings (SSSR count). The molecule has 88 valence electrons. The number of carbonyl (C=O) groups excluding carboxylic acids is 3. The molecule has 7 nitrogen and oxygen atoms in total. The number of aliphatic carboxylic acids is 1. The monoisotopic (exact) mass is 246 g/mol. The van der Waals surface area contributed by atoms with Gasteiger partial charge in [0.05, 0.1) is 5.75 Å². The van der Waals surface area contributed by atoms with Gasteiger partial charge in [-0.15, -0.1) is 0 Å². The molecule has 0 aliphatic carbocycles. The highest BCUT2D eigenvalue weighted by Gasteiger charge is 2.31. The summed E-state index contributed by atoms with van der Waals surface area (Å²) in [6.45, 7) is 0.866. The van der Waals surface area contributed by atoms with Gasteiger partial charge in [-0.25, -0.2) is 0 Å². The third kappa shape index (κ3) is 2.96. The molecule has 0 bridgehead atoms. The quantitative estimate of drug-likeness (QED) is 0.677. The van der Waals surface area contributed by atoms with Crippen LogP contribution >= 0.6 is 11.8 Å². The fourth-order valence-corrected chi connectivity index (χ4v) is 1.75. The van der Waals surface area contributed by atoms with Crippen LogP contribution in [-0.4, -0.2) is 51.4 Å². The van der Waals surface area contributed by atoms with Crippen molar-refractivity contribution in [2.45, 2.75) is 13.0 Å². The van der Waals surface area contributed by atoms with Gasteiger partial charge in [0.1, 0.15) is 12.6 Å². The van der Waals surface area contributed by atoms with E-state index in [1.54, 1.807) is 0 Å². The largest absolute Gasteiger partial charge is 0.480 e. The molecule has 0 radical (unpaired) electrons. The Bertz CT molecular complexity index is 340. The van der Waals surface area contributed by atoms with Gasteiger partial charge in [0, 0.05) is 0 Å². The Balaban J connectivity index is 2.48. The summed E-state index contributed by atoms with van der Waals surface area (Å²) in [6, 6.07) is -1.05. The van der Waals surface area contributed by atoms with Crippen LogP contribution in [0.1, 0.15) is 6.92 Å². The first-order chi connectivity index (χ1) is 7.41. The molecular weight excluding hydrogens is 236 g/mol. The molecule has 1 unspecified atom stereocenters. The molecule has 1 aliphatic rings. The van der Waals surface area contributed by atoms with E-state index in [9.17, 15) is 19.2 Å². The first kappa shape index (κ1) is 12.5. The summed E-state index contributed by atoms with van der Waals surface area (Å²) in [7, 11) is 0. The Morgan fingerprint density at radius 2 is 2.19 bits per heavy atom. The lowest BCUT2D eigenvalue weighted by Gasteiger charge is -2.14. The molecular formula is C8H10N2O5S. The van der Waals surface area contributed by atoms with Gasteiger partial charge in [-0.05, 0) is 6.92 Å². The van der Waals surface area contributed by atoms with Crippen molar-refractivity contribution in [2.24, 2.45) is 0 Å². The van der Waals surface area contributed by atoms with Gasteiger partial charge in [-0.1, -0.05) is 11.8 Å². The number of nitrogens with one attached hydrogen (secondary N) is 1. The first-order valence-corrected chi connectivity index (χ1v) is 5.39. The molecule has 0 aromatic heterocycles. The number of hydrogen-bond acceptors (Lipinski definition) is 5. The van der Waals surface area contributed by atoms with Crippen LogP contribution in [0, 0.1) is 0 Å². The molecule has 1 aliphatic heterocycles. The Labute approximate surface area is 95.2 Å². The lowest BCUT2D eigenvalue weighted by molar-refractivity contribution is -0.141. The zero-order valence-electron chi connectivity index (χ0n) is 8.43. The molecule has 8 heteroatoms. The van der Waals surface area contributed by atoms with Gasteiger partial charge in [0.2, 0.25) is 11.8 Å². The number of nitrogens with zero attached hydrogens (tertiary/aromatic N) is 1. The molecule has 0 spiro atoms. The van der Waals surface area contributed by atoms with E-state index >= 15 is 0 Å². The summed E-state index contributed by atoms with van der Waals surface area (Å²) in [4.78, 5) is 44.7. The van der Waals surface area contributed by atoms with Crippen LogP contribution in [0.2, 0.25) is 0 Å². The summed E-state index contributed by atoms with van der Waals surface area (Å²) in [5.74, 6) is -2.25. The predicted molar refractivity (Wildman–Crippen MR) is 54.8 cm³/mol. The Kier molecular flexibility index (Phi) is 3.88. The average molecular weight is 246 g/mol. The third-order valence-electron chi connectivity index (χ3n) is 1.89. The maximum absolute atomic E-state index is 11.3. The maximum atomic E-state index is 11.3. The van der Waals surface area contributed by atoms with Crippen molar-refractivity contribution in [1.29, 1.82) is 0 Å². The normalized spacial score (nSPS) is 17.4. The summed E-state index contributed by atoms with van der Waals surface area (Å²) in [5.41, 5.74) is 0. The fourth-order valence-electron chi connectivity index (χ4n) is 1.03. The van der Waals surface area contributed by atoms with Gasteiger partial charge >= 0.3 is 5.97 Å². The van der Waals surface area contributed by atoms with Crippen molar-refractivity contribution in [3.63, 3.8) is 0 Å². The van der Waals surface area contributed by atoms with E-state index in [1.807, 2.05) is 0 Å². The number of carboxylic acid groups (broad SMARTS) is 1. The number of thioether (sulfide) groups is 1. The van der Waals surface area contributed by atoms with Gasteiger partial charge in [0.25, 0.3) is 5.24 Å². The van der Waals surface area contributed by atoms with E-state index in [0.29, 0.717) is 0 Å². The molecule has 1 fully saturated rings. The maximum Gasteiger partial charge on any atom is 0.325 e. The molecule has 0 saturated carbocycles. The molecule has 0 aromatic rings. The zero-order chi connectivity index (χ0) is 12.3. The van der Waals surface area contributed by atoms with Gasteiger partial charge < -0.3 is 10.4 Å². The van der Waals surface area contributed by atoms with Crippen molar-refractivity contribution >= 4 is 34.8 Å². The topological polar surface area (TPSA) is 104 Å². The number of hydrogen-bond donors (Lipinski definition) is 2. The number of amides is 3. The van der Waals surface area contributed by atoms with Gasteiger partial charge in [-0.2, -0.15) is 0 Å². The summed E-state index contributed by atoms with van der Waals surface area (Å²) in [6.07, 6.45) is 0. The number of carboxylic acids is 1. The summed E-state index contributed by atoms with van der Waals surface area (Å²) < 4.78 is 0. The molecule has 16 heavy (non-hydrogen) atoms. The zero-order valence-corrected chi connectivity index (χ0v) is 9.24. The van der Waals surface area contributed by atoms with Crippen LogP contribution in [0.5, 0.6) is 0 Å². The SMILES string of the molecule is CC(NC(=O)CN1C(=O)CSC1=O)C(=O)O. The first-order valence-electron chi connectivity index (χ1n) is 4.41. The Morgan fingerprint density at radius 1 is 1.56 bits per heavy atom. The highest BCUT2D eigenvalue weighted by Crippen LogP contribution is 2.17. The van der Waals surface area contributed by atoms with Crippen LogP contribution < -0.4 is 5.32 Å². The van der Waals surface area contributed by atoms with Crippen LogP contribution in [0.15, 0.2) is 0 Å². The number of imide groups is 1. The smallest absolute Gasteiger partial charge is 0.325 e. The summed E-state index contributed by atoms with van der Waals surface area (Å²) >= 11 is 0.822. The molecule has 1 heterocycles. The van der Waals surface area contributed by atoms with Gasteiger partial charge in [-0.3, -0.25) is 24.1 Å². The number of carbonyl (C=O) groups is 4.